The van der Waals surface area contributed by atoms with Crippen molar-refractivity contribution < 1.29 is 32.5 Å². The Balaban J connectivity index is 1.83. The summed E-state index contributed by atoms with van der Waals surface area (Å²) in [6.07, 6.45) is 7.97. The third kappa shape index (κ3) is 9.13. The molecule has 174 valence electrons. The first kappa shape index (κ1) is 25.6. The number of hydrogen-bond donors (Lipinski definition) is 1. The zero-order valence-corrected chi connectivity index (χ0v) is 18.2. The van der Waals surface area contributed by atoms with Crippen LogP contribution in [-0.4, -0.2) is 49.1 Å². The van der Waals surface area contributed by atoms with Crippen LogP contribution in [0.3, 0.4) is 0 Å². The molecule has 31 heavy (non-hydrogen) atoms. The summed E-state index contributed by atoms with van der Waals surface area (Å²) in [7, 11) is 0. The predicted octanol–water partition coefficient (Wildman–Crippen LogP) is 5.10. The van der Waals surface area contributed by atoms with Crippen molar-refractivity contribution in [3.63, 3.8) is 0 Å². The summed E-state index contributed by atoms with van der Waals surface area (Å²) in [6, 6.07) is 0. The summed E-state index contributed by atoms with van der Waals surface area (Å²) in [6.45, 7) is 5.48. The maximum Gasteiger partial charge on any atom is 0.392 e. The van der Waals surface area contributed by atoms with Gasteiger partial charge in [-0.15, -0.1) is 0 Å². The molecule has 0 aromatic carbocycles. The highest BCUT2D eigenvalue weighted by atomic mass is 19.4. The maximum absolute atomic E-state index is 12.3. The molecule has 0 heterocycles. The summed E-state index contributed by atoms with van der Waals surface area (Å²) in [4.78, 5) is 12.3. The third-order valence-electron chi connectivity index (χ3n) is 5.42. The van der Waals surface area contributed by atoms with Crippen molar-refractivity contribution in [3.05, 3.63) is 48.1 Å². The quantitative estimate of drug-likeness (QED) is 0.245. The number of allylic oxidation sites excluding steroid dienone is 5. The highest BCUT2D eigenvalue weighted by Crippen LogP contribution is 2.53. The number of ether oxygens (including phenoxy) is 2. The summed E-state index contributed by atoms with van der Waals surface area (Å²) >= 11 is 0. The number of carbonyl (C=O) groups is 1. The lowest BCUT2D eigenvalue weighted by molar-refractivity contribution is -0.125. The van der Waals surface area contributed by atoms with Crippen LogP contribution < -0.4 is 0 Å². The van der Waals surface area contributed by atoms with Gasteiger partial charge in [-0.25, -0.2) is 0 Å². The van der Waals surface area contributed by atoms with Crippen molar-refractivity contribution in [1.29, 1.82) is 0 Å². The molecule has 0 aliphatic heterocycles. The topological polar surface area (TPSA) is 55.8 Å². The lowest BCUT2D eigenvalue weighted by atomic mass is 9.88. The maximum atomic E-state index is 12.3. The van der Waals surface area contributed by atoms with Crippen molar-refractivity contribution in [3.8, 4) is 0 Å². The van der Waals surface area contributed by atoms with Crippen LogP contribution in [0.4, 0.5) is 13.2 Å². The van der Waals surface area contributed by atoms with Gasteiger partial charge in [0, 0.05) is 16.9 Å². The Labute approximate surface area is 182 Å². The van der Waals surface area contributed by atoms with Gasteiger partial charge in [-0.2, -0.15) is 13.2 Å². The molecule has 1 saturated carbocycles. The van der Waals surface area contributed by atoms with E-state index in [0.29, 0.717) is 31.8 Å². The van der Waals surface area contributed by atoms with E-state index in [1.165, 1.54) is 6.08 Å². The summed E-state index contributed by atoms with van der Waals surface area (Å²) < 4.78 is 47.6. The van der Waals surface area contributed by atoms with Crippen molar-refractivity contribution >= 4 is 5.78 Å². The molecule has 1 fully saturated rings. The van der Waals surface area contributed by atoms with E-state index >= 15 is 0 Å². The molecule has 7 heteroatoms. The minimum absolute atomic E-state index is 0.0570. The van der Waals surface area contributed by atoms with Crippen molar-refractivity contribution in [2.45, 2.75) is 64.3 Å². The highest BCUT2D eigenvalue weighted by Gasteiger charge is 2.47. The number of rotatable bonds is 13. The Bertz CT molecular complexity index is 700. The van der Waals surface area contributed by atoms with Crippen LogP contribution in [0.5, 0.6) is 0 Å². The monoisotopic (exact) mass is 442 g/mol. The molecule has 0 spiro atoms. The lowest BCUT2D eigenvalue weighted by Crippen LogP contribution is -2.21. The zero-order chi connectivity index (χ0) is 22.9. The first-order valence-electron chi connectivity index (χ1n) is 10.8. The Kier molecular flexibility index (Phi) is 9.72. The van der Waals surface area contributed by atoms with Crippen LogP contribution in [0.25, 0.3) is 0 Å². The van der Waals surface area contributed by atoms with E-state index in [9.17, 15) is 23.1 Å². The fourth-order valence-corrected chi connectivity index (χ4v) is 3.48. The number of halogens is 3. The highest BCUT2D eigenvalue weighted by molar-refractivity contribution is 6.07. The van der Waals surface area contributed by atoms with Gasteiger partial charge in [0.2, 0.25) is 0 Å². The SMILES string of the molecule is CC(C)OCCOCC=CCC1C=CC(=O)C1=CC1(C(O)CC=CCC(F)(F)F)CC1. The van der Waals surface area contributed by atoms with E-state index in [1.54, 1.807) is 6.08 Å². The molecule has 0 aromatic heterocycles. The third-order valence-corrected chi connectivity index (χ3v) is 5.42. The Hall–Kier alpha value is -1.70. The smallest absolute Gasteiger partial charge is 0.392 e. The van der Waals surface area contributed by atoms with Gasteiger partial charge in [0.05, 0.1) is 38.4 Å². The first-order chi connectivity index (χ1) is 14.6. The largest absolute Gasteiger partial charge is 0.392 e. The number of hydrogen-bond acceptors (Lipinski definition) is 4. The average Bonchev–Trinajstić information content (AvgIpc) is 3.40. The van der Waals surface area contributed by atoms with E-state index in [-0.39, 0.29) is 24.2 Å². The van der Waals surface area contributed by atoms with Crippen molar-refractivity contribution in [1.82, 2.24) is 0 Å². The minimum atomic E-state index is -4.24. The van der Waals surface area contributed by atoms with Gasteiger partial charge in [-0.05, 0) is 45.6 Å². The molecule has 2 aliphatic rings. The van der Waals surface area contributed by atoms with Crippen LogP contribution in [-0.2, 0) is 14.3 Å². The number of aliphatic hydroxyl groups excluding tert-OH is 1. The second-order valence-electron chi connectivity index (χ2n) is 8.41. The predicted molar refractivity (Wildman–Crippen MR) is 113 cm³/mol. The van der Waals surface area contributed by atoms with Gasteiger partial charge < -0.3 is 14.6 Å². The molecule has 0 aromatic rings. The van der Waals surface area contributed by atoms with Gasteiger partial charge in [-0.1, -0.05) is 36.5 Å². The molecule has 4 nitrogen and oxygen atoms in total. The lowest BCUT2D eigenvalue weighted by Gasteiger charge is -2.20. The number of alkyl halides is 3. The Morgan fingerprint density at radius 3 is 2.58 bits per heavy atom. The summed E-state index contributed by atoms with van der Waals surface area (Å²) in [5.74, 6) is -0.120. The molecule has 0 saturated heterocycles. The molecule has 2 unspecified atom stereocenters. The molecule has 0 amide bonds. The fourth-order valence-electron chi connectivity index (χ4n) is 3.48. The van der Waals surface area contributed by atoms with Crippen molar-refractivity contribution in [2.75, 3.05) is 19.8 Å². The van der Waals surface area contributed by atoms with Gasteiger partial charge in [-0.3, -0.25) is 4.79 Å². The summed E-state index contributed by atoms with van der Waals surface area (Å²) in [5, 5.41) is 10.5. The van der Waals surface area contributed by atoms with Gasteiger partial charge in [0.25, 0.3) is 0 Å². The Morgan fingerprint density at radius 1 is 1.19 bits per heavy atom. The van der Waals surface area contributed by atoms with E-state index < -0.39 is 24.1 Å². The fraction of sp³-hybridized carbons (Fsp3) is 0.625. The van der Waals surface area contributed by atoms with E-state index in [1.807, 2.05) is 38.2 Å². The number of carbonyl (C=O) groups excluding carboxylic acids is 1. The van der Waals surface area contributed by atoms with Gasteiger partial charge in [0.15, 0.2) is 5.78 Å². The molecule has 2 aliphatic carbocycles. The standard InChI is InChI=1S/C24H33F3O4/c1-18(2)31-16-15-30-14-6-4-7-19-9-10-21(28)20(19)17-23(12-13-23)22(29)8-3-5-11-24(25,26)27/h3-6,9-10,17-19,22,29H,7-8,11-16H2,1-2H3. The first-order valence-corrected chi connectivity index (χ1v) is 10.8. The minimum Gasteiger partial charge on any atom is -0.392 e. The van der Waals surface area contributed by atoms with Crippen LogP contribution >= 0.6 is 0 Å². The Morgan fingerprint density at radius 2 is 1.94 bits per heavy atom. The van der Waals surface area contributed by atoms with E-state index in [4.69, 9.17) is 9.47 Å². The van der Waals surface area contributed by atoms with Crippen LogP contribution in [0.1, 0.15) is 46.0 Å². The zero-order valence-electron chi connectivity index (χ0n) is 18.2. The second-order valence-corrected chi connectivity index (χ2v) is 8.41. The molecule has 2 atom stereocenters. The van der Waals surface area contributed by atoms with E-state index in [2.05, 4.69) is 0 Å². The normalized spacial score (nSPS) is 23.1. The number of aliphatic hydroxyl groups is 1. The van der Waals surface area contributed by atoms with Gasteiger partial charge in [0.1, 0.15) is 0 Å². The number of ketones is 1. The molecule has 2 rings (SSSR count). The summed E-state index contributed by atoms with van der Waals surface area (Å²) in [5.41, 5.74) is 0.146. The average molecular weight is 443 g/mol. The molecular formula is C24H33F3O4. The molecular weight excluding hydrogens is 409 g/mol. The van der Waals surface area contributed by atoms with Crippen LogP contribution in [0.2, 0.25) is 0 Å². The van der Waals surface area contributed by atoms with E-state index in [0.717, 1.165) is 18.9 Å². The van der Waals surface area contributed by atoms with Crippen LogP contribution in [0, 0.1) is 11.3 Å². The second kappa shape index (κ2) is 11.8. The molecule has 0 bridgehead atoms. The molecule has 1 N–H and O–H groups in total. The van der Waals surface area contributed by atoms with Crippen molar-refractivity contribution in [2.24, 2.45) is 11.3 Å². The van der Waals surface area contributed by atoms with Gasteiger partial charge >= 0.3 is 6.18 Å². The van der Waals surface area contributed by atoms with Crippen LogP contribution in [0.15, 0.2) is 48.1 Å². The molecule has 0 radical (unpaired) electrons.